The standard InChI is InChI=1S/C11H21N3OS/c1-8(2)6-12-13-10-14(9(3)4)11(5,15)7-16-10/h6,8-9,15H,7H2,1-5H3/b12-6+,13-10-. The summed E-state index contributed by atoms with van der Waals surface area (Å²) in [6.07, 6.45) is 1.80. The van der Waals surface area contributed by atoms with Crippen LogP contribution in [-0.4, -0.2) is 38.9 Å². The van der Waals surface area contributed by atoms with Gasteiger partial charge in [-0.25, -0.2) is 0 Å². The van der Waals surface area contributed by atoms with E-state index in [-0.39, 0.29) is 6.04 Å². The van der Waals surface area contributed by atoms with Crippen LogP contribution in [0.4, 0.5) is 0 Å². The van der Waals surface area contributed by atoms with Crippen LogP contribution in [0.3, 0.4) is 0 Å². The van der Waals surface area contributed by atoms with Gasteiger partial charge >= 0.3 is 0 Å². The van der Waals surface area contributed by atoms with Gasteiger partial charge in [-0.3, -0.25) is 0 Å². The molecule has 1 rings (SSSR count). The van der Waals surface area contributed by atoms with Gasteiger partial charge in [0.05, 0.1) is 0 Å². The second-order valence-electron chi connectivity index (χ2n) is 4.86. The van der Waals surface area contributed by atoms with Gasteiger partial charge in [-0.05, 0) is 26.7 Å². The van der Waals surface area contributed by atoms with Crippen LogP contribution in [0, 0.1) is 5.92 Å². The lowest BCUT2D eigenvalue weighted by Crippen LogP contribution is -2.48. The van der Waals surface area contributed by atoms with E-state index < -0.39 is 5.72 Å². The second kappa shape index (κ2) is 5.19. The quantitative estimate of drug-likeness (QED) is 0.610. The van der Waals surface area contributed by atoms with Crippen LogP contribution in [0.15, 0.2) is 10.2 Å². The topological polar surface area (TPSA) is 48.2 Å². The Morgan fingerprint density at radius 1 is 1.44 bits per heavy atom. The van der Waals surface area contributed by atoms with Gasteiger partial charge in [0.2, 0.25) is 0 Å². The van der Waals surface area contributed by atoms with Crippen molar-refractivity contribution in [3.05, 3.63) is 0 Å². The van der Waals surface area contributed by atoms with Gasteiger partial charge in [0.25, 0.3) is 0 Å². The molecule has 1 atom stereocenters. The maximum Gasteiger partial charge on any atom is 0.188 e. The van der Waals surface area contributed by atoms with Crippen molar-refractivity contribution in [1.82, 2.24) is 4.90 Å². The molecule has 92 valence electrons. The number of amidine groups is 1. The molecular formula is C11H21N3OS. The molecule has 1 heterocycles. The predicted molar refractivity (Wildman–Crippen MR) is 70.8 cm³/mol. The van der Waals surface area contributed by atoms with Crippen molar-refractivity contribution < 1.29 is 5.11 Å². The predicted octanol–water partition coefficient (Wildman–Crippen LogP) is 2.15. The third-order valence-electron chi connectivity index (χ3n) is 2.22. The summed E-state index contributed by atoms with van der Waals surface area (Å²) in [6, 6.07) is 0.220. The Hall–Kier alpha value is -0.550. The zero-order valence-electron chi connectivity index (χ0n) is 10.6. The normalized spacial score (nSPS) is 29.2. The summed E-state index contributed by atoms with van der Waals surface area (Å²) in [6.45, 7) is 10.0. The first-order chi connectivity index (χ1) is 7.34. The Labute approximate surface area is 102 Å². The SMILES string of the molecule is CC(C)/C=N/N=C1\SCC(C)(O)N1C(C)C. The van der Waals surface area contributed by atoms with Crippen LogP contribution in [-0.2, 0) is 0 Å². The third kappa shape index (κ3) is 3.22. The van der Waals surface area contributed by atoms with E-state index >= 15 is 0 Å². The molecule has 1 unspecified atom stereocenters. The van der Waals surface area contributed by atoms with Crippen LogP contribution < -0.4 is 0 Å². The van der Waals surface area contributed by atoms with E-state index in [9.17, 15) is 5.11 Å². The Bertz CT molecular complexity index is 298. The number of rotatable bonds is 3. The molecule has 16 heavy (non-hydrogen) atoms. The van der Waals surface area contributed by atoms with Gasteiger partial charge in [-0.1, -0.05) is 25.6 Å². The monoisotopic (exact) mass is 243 g/mol. The van der Waals surface area contributed by atoms with Crippen LogP contribution in [0.5, 0.6) is 0 Å². The fourth-order valence-electron chi connectivity index (χ4n) is 1.62. The smallest absolute Gasteiger partial charge is 0.188 e. The zero-order chi connectivity index (χ0) is 12.3. The van der Waals surface area contributed by atoms with Gasteiger partial charge in [0.1, 0.15) is 5.72 Å². The first kappa shape index (κ1) is 13.5. The van der Waals surface area contributed by atoms with Gasteiger partial charge < -0.3 is 10.0 Å². The zero-order valence-corrected chi connectivity index (χ0v) is 11.5. The van der Waals surface area contributed by atoms with Crippen molar-refractivity contribution >= 4 is 23.1 Å². The van der Waals surface area contributed by atoms with E-state index in [0.717, 1.165) is 5.17 Å². The number of thioether (sulfide) groups is 1. The highest BCUT2D eigenvalue weighted by Gasteiger charge is 2.40. The molecule has 1 N–H and O–H groups in total. The van der Waals surface area contributed by atoms with E-state index in [1.165, 1.54) is 0 Å². The van der Waals surface area contributed by atoms with Gasteiger partial charge in [0.15, 0.2) is 5.17 Å². The van der Waals surface area contributed by atoms with Crippen LogP contribution in [0.1, 0.15) is 34.6 Å². The van der Waals surface area contributed by atoms with Crippen molar-refractivity contribution in [2.24, 2.45) is 16.1 Å². The van der Waals surface area contributed by atoms with Gasteiger partial charge in [0, 0.05) is 18.0 Å². The molecule has 4 nitrogen and oxygen atoms in total. The van der Waals surface area contributed by atoms with E-state index in [2.05, 4.69) is 24.1 Å². The minimum absolute atomic E-state index is 0.220. The highest BCUT2D eigenvalue weighted by molar-refractivity contribution is 8.14. The molecule has 0 aliphatic carbocycles. The van der Waals surface area contributed by atoms with Crippen LogP contribution >= 0.6 is 11.8 Å². The van der Waals surface area contributed by atoms with E-state index in [4.69, 9.17) is 0 Å². The summed E-state index contributed by atoms with van der Waals surface area (Å²) < 4.78 is 0. The maximum atomic E-state index is 10.2. The highest BCUT2D eigenvalue weighted by atomic mass is 32.2. The number of aliphatic hydroxyl groups is 1. The Balaban J connectivity index is 2.81. The summed E-state index contributed by atoms with van der Waals surface area (Å²) in [4.78, 5) is 1.91. The van der Waals surface area contributed by atoms with E-state index in [1.54, 1.807) is 18.0 Å². The van der Waals surface area contributed by atoms with Crippen molar-refractivity contribution in [3.63, 3.8) is 0 Å². The average Bonchev–Trinajstić information content (AvgIpc) is 2.40. The fraction of sp³-hybridized carbons (Fsp3) is 0.818. The van der Waals surface area contributed by atoms with E-state index in [1.807, 2.05) is 25.7 Å². The fourth-order valence-corrected chi connectivity index (χ4v) is 2.81. The minimum Gasteiger partial charge on any atom is -0.370 e. The van der Waals surface area contributed by atoms with Crippen molar-refractivity contribution in [2.75, 3.05) is 5.75 Å². The summed E-state index contributed by atoms with van der Waals surface area (Å²) in [5, 5.41) is 19.2. The third-order valence-corrected chi connectivity index (χ3v) is 3.45. The maximum absolute atomic E-state index is 10.2. The minimum atomic E-state index is -0.814. The van der Waals surface area contributed by atoms with Crippen LogP contribution in [0.25, 0.3) is 0 Å². The summed E-state index contributed by atoms with van der Waals surface area (Å²) in [5.74, 6) is 1.03. The molecule has 5 heteroatoms. The molecule has 0 radical (unpaired) electrons. The van der Waals surface area contributed by atoms with Crippen LogP contribution in [0.2, 0.25) is 0 Å². The van der Waals surface area contributed by atoms with Gasteiger partial charge in [-0.15, -0.1) is 5.10 Å². The number of nitrogens with zero attached hydrogens (tertiary/aromatic N) is 3. The molecule has 0 spiro atoms. The molecule has 1 aliphatic rings. The Morgan fingerprint density at radius 3 is 2.56 bits per heavy atom. The van der Waals surface area contributed by atoms with Gasteiger partial charge in [-0.2, -0.15) is 5.10 Å². The Morgan fingerprint density at radius 2 is 2.06 bits per heavy atom. The molecular weight excluding hydrogens is 222 g/mol. The highest BCUT2D eigenvalue weighted by Crippen LogP contribution is 2.32. The first-order valence-corrected chi connectivity index (χ1v) is 6.59. The summed E-state index contributed by atoms with van der Waals surface area (Å²) >= 11 is 1.55. The molecule has 0 bridgehead atoms. The molecule has 0 amide bonds. The molecule has 1 saturated heterocycles. The summed E-state index contributed by atoms with van der Waals surface area (Å²) in [5.41, 5.74) is -0.814. The van der Waals surface area contributed by atoms with Crippen molar-refractivity contribution in [2.45, 2.75) is 46.4 Å². The lowest BCUT2D eigenvalue weighted by Gasteiger charge is -2.33. The number of hydrogen-bond acceptors (Lipinski definition) is 4. The lowest BCUT2D eigenvalue weighted by atomic mass is 10.2. The molecule has 0 aromatic rings. The first-order valence-electron chi connectivity index (χ1n) is 5.60. The molecule has 0 aromatic heterocycles. The van der Waals surface area contributed by atoms with Crippen molar-refractivity contribution in [1.29, 1.82) is 0 Å². The molecule has 0 aromatic carbocycles. The molecule has 1 fully saturated rings. The Kier molecular flexibility index (Phi) is 4.38. The van der Waals surface area contributed by atoms with Crippen molar-refractivity contribution in [3.8, 4) is 0 Å². The summed E-state index contributed by atoms with van der Waals surface area (Å²) in [7, 11) is 0. The van der Waals surface area contributed by atoms with E-state index in [0.29, 0.717) is 11.7 Å². The number of hydrogen-bond donors (Lipinski definition) is 1. The molecule has 0 saturated carbocycles. The average molecular weight is 243 g/mol. The second-order valence-corrected chi connectivity index (χ2v) is 5.80. The molecule has 1 aliphatic heterocycles. The largest absolute Gasteiger partial charge is 0.370 e. The lowest BCUT2D eigenvalue weighted by molar-refractivity contribution is -0.0383.